The maximum Gasteiger partial charge on any atom is 0.268 e. The number of carbonyl (C=O) groups excluding carboxylic acids is 1. The van der Waals surface area contributed by atoms with Crippen molar-refractivity contribution in [3.8, 4) is 0 Å². The molecule has 0 spiro atoms. The second kappa shape index (κ2) is 4.85. The van der Waals surface area contributed by atoms with E-state index in [4.69, 9.17) is 5.73 Å². The van der Waals surface area contributed by atoms with Gasteiger partial charge in [-0.3, -0.25) is 4.79 Å². The highest BCUT2D eigenvalue weighted by molar-refractivity contribution is 9.10. The van der Waals surface area contributed by atoms with Crippen molar-refractivity contribution in [2.75, 3.05) is 11.1 Å². The molecule has 0 saturated heterocycles. The first kappa shape index (κ1) is 12.1. The summed E-state index contributed by atoms with van der Waals surface area (Å²) in [7, 11) is 0. The fraction of sp³-hybridized carbons (Fsp3) is 0.0909. The van der Waals surface area contributed by atoms with Gasteiger partial charge >= 0.3 is 0 Å². The lowest BCUT2D eigenvalue weighted by atomic mass is 10.2. The number of aryl methyl sites for hydroxylation is 1. The van der Waals surface area contributed by atoms with Gasteiger partial charge in [0, 0.05) is 4.47 Å². The Morgan fingerprint density at radius 1 is 1.59 bits per heavy atom. The van der Waals surface area contributed by atoms with Crippen LogP contribution in [-0.4, -0.2) is 10.9 Å². The zero-order valence-corrected chi connectivity index (χ0v) is 11.4. The van der Waals surface area contributed by atoms with Gasteiger partial charge in [-0.15, -0.1) is 11.3 Å². The normalized spacial score (nSPS) is 10.2. The van der Waals surface area contributed by atoms with Gasteiger partial charge in [-0.25, -0.2) is 4.98 Å². The fourth-order valence-corrected chi connectivity index (χ4v) is 2.79. The number of rotatable bonds is 2. The van der Waals surface area contributed by atoms with Crippen LogP contribution in [-0.2, 0) is 0 Å². The van der Waals surface area contributed by atoms with Crippen LogP contribution in [0.15, 0.2) is 28.2 Å². The summed E-state index contributed by atoms with van der Waals surface area (Å²) in [4.78, 5) is 16.6. The Bertz CT molecular complexity index is 568. The molecule has 6 heteroatoms. The molecule has 0 aromatic carbocycles. The summed E-state index contributed by atoms with van der Waals surface area (Å²) in [5, 5.41) is 4.60. The predicted octanol–water partition coefficient (Wildman–Crippen LogP) is 3.05. The smallest absolute Gasteiger partial charge is 0.268 e. The molecule has 88 valence electrons. The molecule has 17 heavy (non-hydrogen) atoms. The number of halogens is 1. The Hall–Kier alpha value is -1.40. The van der Waals surface area contributed by atoms with Crippen molar-refractivity contribution in [2.24, 2.45) is 0 Å². The van der Waals surface area contributed by atoms with E-state index in [-0.39, 0.29) is 5.91 Å². The molecule has 2 heterocycles. The minimum Gasteiger partial charge on any atom is -0.397 e. The standard InChI is InChI=1S/C11H10BrN3OS/c1-6-4-7(13)5-14-10(6)15-11(16)9-8(12)2-3-17-9/h2-5H,13H2,1H3,(H,14,15,16). The SMILES string of the molecule is Cc1cc(N)cnc1NC(=O)c1sccc1Br. The van der Waals surface area contributed by atoms with E-state index < -0.39 is 0 Å². The summed E-state index contributed by atoms with van der Waals surface area (Å²) in [5.74, 6) is 0.358. The minimum atomic E-state index is -0.174. The van der Waals surface area contributed by atoms with Crippen LogP contribution in [0.4, 0.5) is 11.5 Å². The number of nitrogens with one attached hydrogen (secondary N) is 1. The molecule has 0 aliphatic carbocycles. The first-order chi connectivity index (χ1) is 8.08. The van der Waals surface area contributed by atoms with Crippen LogP contribution in [0.25, 0.3) is 0 Å². The van der Waals surface area contributed by atoms with E-state index >= 15 is 0 Å². The average Bonchev–Trinajstić information content (AvgIpc) is 2.68. The molecule has 2 rings (SSSR count). The number of nitrogens with zero attached hydrogens (tertiary/aromatic N) is 1. The minimum absolute atomic E-state index is 0.174. The van der Waals surface area contributed by atoms with Crippen LogP contribution in [0, 0.1) is 6.92 Å². The van der Waals surface area contributed by atoms with Crippen LogP contribution in [0.3, 0.4) is 0 Å². The molecule has 3 N–H and O–H groups in total. The topological polar surface area (TPSA) is 68.0 Å². The second-order valence-electron chi connectivity index (χ2n) is 3.49. The first-order valence-electron chi connectivity index (χ1n) is 4.84. The number of thiophene rings is 1. The number of nitrogens with two attached hydrogens (primary N) is 1. The van der Waals surface area contributed by atoms with Gasteiger partial charge in [-0.05, 0) is 45.9 Å². The number of nitrogen functional groups attached to an aromatic ring is 1. The molecule has 0 saturated carbocycles. The van der Waals surface area contributed by atoms with Gasteiger partial charge in [-0.1, -0.05) is 0 Å². The van der Waals surface area contributed by atoms with Crippen LogP contribution in [0.1, 0.15) is 15.2 Å². The summed E-state index contributed by atoms with van der Waals surface area (Å²) in [6.45, 7) is 1.85. The third kappa shape index (κ3) is 2.65. The Labute approximate surface area is 111 Å². The first-order valence-corrected chi connectivity index (χ1v) is 6.51. The monoisotopic (exact) mass is 311 g/mol. The number of pyridine rings is 1. The van der Waals surface area contributed by atoms with E-state index in [1.807, 2.05) is 18.4 Å². The average molecular weight is 312 g/mol. The van der Waals surface area contributed by atoms with Crippen molar-refractivity contribution in [3.05, 3.63) is 38.6 Å². The third-order valence-corrected chi connectivity index (χ3v) is 3.99. The zero-order valence-electron chi connectivity index (χ0n) is 9.03. The van der Waals surface area contributed by atoms with E-state index in [9.17, 15) is 4.79 Å². The second-order valence-corrected chi connectivity index (χ2v) is 5.26. The highest BCUT2D eigenvalue weighted by Gasteiger charge is 2.13. The molecule has 0 fully saturated rings. The molecular formula is C11H10BrN3OS. The Morgan fingerprint density at radius 2 is 2.35 bits per heavy atom. The van der Waals surface area contributed by atoms with Crippen molar-refractivity contribution >= 4 is 44.7 Å². The third-order valence-electron chi connectivity index (χ3n) is 2.15. The molecule has 4 nitrogen and oxygen atoms in total. The maximum absolute atomic E-state index is 11.9. The van der Waals surface area contributed by atoms with Gasteiger partial charge in [0.2, 0.25) is 0 Å². The van der Waals surface area contributed by atoms with Gasteiger partial charge in [0.15, 0.2) is 0 Å². The predicted molar refractivity (Wildman–Crippen MR) is 73.4 cm³/mol. The quantitative estimate of drug-likeness (QED) is 0.895. The largest absolute Gasteiger partial charge is 0.397 e. The van der Waals surface area contributed by atoms with E-state index in [1.165, 1.54) is 17.5 Å². The van der Waals surface area contributed by atoms with Crippen molar-refractivity contribution in [2.45, 2.75) is 6.92 Å². The Morgan fingerprint density at radius 3 is 2.94 bits per heavy atom. The fourth-order valence-electron chi connectivity index (χ4n) is 1.35. The molecule has 0 aliphatic heterocycles. The van der Waals surface area contributed by atoms with Crippen LogP contribution < -0.4 is 11.1 Å². The summed E-state index contributed by atoms with van der Waals surface area (Å²) in [5.41, 5.74) is 7.02. The summed E-state index contributed by atoms with van der Waals surface area (Å²) >= 11 is 4.69. The molecule has 0 radical (unpaired) electrons. The molecule has 0 aliphatic rings. The highest BCUT2D eigenvalue weighted by Crippen LogP contribution is 2.24. The summed E-state index contributed by atoms with van der Waals surface area (Å²) in [6, 6.07) is 3.61. The lowest BCUT2D eigenvalue weighted by Crippen LogP contribution is -2.13. The maximum atomic E-state index is 11.9. The lowest BCUT2D eigenvalue weighted by molar-refractivity contribution is 0.102. The number of amides is 1. The van der Waals surface area contributed by atoms with Crippen molar-refractivity contribution in [1.82, 2.24) is 4.98 Å². The van der Waals surface area contributed by atoms with Gasteiger partial charge in [-0.2, -0.15) is 0 Å². The number of aromatic nitrogens is 1. The zero-order chi connectivity index (χ0) is 12.4. The van der Waals surface area contributed by atoms with Gasteiger partial charge in [0.25, 0.3) is 5.91 Å². The molecule has 0 unspecified atom stereocenters. The van der Waals surface area contributed by atoms with Crippen LogP contribution in [0.5, 0.6) is 0 Å². The van der Waals surface area contributed by atoms with Gasteiger partial charge in [0.1, 0.15) is 10.7 Å². The Kier molecular flexibility index (Phi) is 3.44. The molecule has 2 aromatic heterocycles. The number of hydrogen-bond acceptors (Lipinski definition) is 4. The molecule has 0 atom stereocenters. The molecule has 0 bridgehead atoms. The van der Waals surface area contributed by atoms with Gasteiger partial charge < -0.3 is 11.1 Å². The van der Waals surface area contributed by atoms with E-state index in [0.29, 0.717) is 16.4 Å². The molecular weight excluding hydrogens is 302 g/mol. The van der Waals surface area contributed by atoms with Gasteiger partial charge in [0.05, 0.1) is 11.9 Å². The molecule has 1 amide bonds. The number of carbonyl (C=O) groups is 1. The van der Waals surface area contributed by atoms with Crippen LogP contribution in [0.2, 0.25) is 0 Å². The number of anilines is 2. The van der Waals surface area contributed by atoms with Crippen molar-refractivity contribution in [3.63, 3.8) is 0 Å². The van der Waals surface area contributed by atoms with Crippen molar-refractivity contribution < 1.29 is 4.79 Å². The lowest BCUT2D eigenvalue weighted by Gasteiger charge is -2.07. The van der Waals surface area contributed by atoms with Crippen LogP contribution >= 0.6 is 27.3 Å². The number of hydrogen-bond donors (Lipinski definition) is 2. The molecule has 2 aromatic rings. The van der Waals surface area contributed by atoms with E-state index in [2.05, 4.69) is 26.2 Å². The Balaban J connectivity index is 2.22. The summed E-state index contributed by atoms with van der Waals surface area (Å²) < 4.78 is 0.785. The highest BCUT2D eigenvalue weighted by atomic mass is 79.9. The van der Waals surface area contributed by atoms with E-state index in [0.717, 1.165) is 10.0 Å². The van der Waals surface area contributed by atoms with E-state index in [1.54, 1.807) is 6.07 Å². The van der Waals surface area contributed by atoms with Crippen molar-refractivity contribution in [1.29, 1.82) is 0 Å². The summed E-state index contributed by atoms with van der Waals surface area (Å²) in [6.07, 6.45) is 1.52.